The number of aromatic nitrogens is 4. The molecule has 130 valence electrons. The molecule has 26 heavy (non-hydrogen) atoms. The van der Waals surface area contributed by atoms with E-state index in [2.05, 4.69) is 32.3 Å². The molecule has 1 aliphatic rings. The zero-order valence-corrected chi connectivity index (χ0v) is 14.3. The molecule has 0 aliphatic carbocycles. The molecule has 7 nitrogen and oxygen atoms in total. The molecule has 0 spiro atoms. The maximum atomic E-state index is 13.2. The van der Waals surface area contributed by atoms with Gasteiger partial charge in [-0.05, 0) is 36.2 Å². The van der Waals surface area contributed by atoms with Gasteiger partial charge in [-0.25, -0.2) is 4.68 Å². The van der Waals surface area contributed by atoms with Gasteiger partial charge >= 0.3 is 0 Å². The Bertz CT molecular complexity index is 965. The van der Waals surface area contributed by atoms with Crippen LogP contribution in [0.1, 0.15) is 17.2 Å². The van der Waals surface area contributed by atoms with E-state index in [1.165, 1.54) is 6.33 Å². The van der Waals surface area contributed by atoms with Crippen molar-refractivity contribution in [3.05, 3.63) is 78.5 Å². The lowest BCUT2D eigenvalue weighted by Gasteiger charge is -2.33. The van der Waals surface area contributed by atoms with Crippen molar-refractivity contribution < 1.29 is 4.79 Å². The molecule has 2 unspecified atom stereocenters. The van der Waals surface area contributed by atoms with E-state index >= 15 is 0 Å². The lowest BCUT2D eigenvalue weighted by Crippen LogP contribution is -2.39. The van der Waals surface area contributed by atoms with Crippen molar-refractivity contribution in [2.75, 3.05) is 10.6 Å². The van der Waals surface area contributed by atoms with E-state index in [4.69, 9.17) is 0 Å². The summed E-state index contributed by atoms with van der Waals surface area (Å²) in [5.74, 6) is -0.136. The summed E-state index contributed by atoms with van der Waals surface area (Å²) >= 11 is 0. The van der Waals surface area contributed by atoms with Crippen molar-refractivity contribution in [3.8, 4) is 0 Å². The minimum absolute atomic E-state index is 0.153. The average Bonchev–Trinajstić information content (AvgIpc) is 3.11. The van der Waals surface area contributed by atoms with E-state index in [-0.39, 0.29) is 11.9 Å². The van der Waals surface area contributed by atoms with E-state index in [1.807, 2.05) is 43.3 Å². The summed E-state index contributed by atoms with van der Waals surface area (Å²) in [5, 5.41) is 10.4. The third-order valence-electron chi connectivity index (χ3n) is 4.53. The van der Waals surface area contributed by atoms with Gasteiger partial charge in [0.05, 0.1) is 6.04 Å². The molecule has 1 aromatic carbocycles. The number of anilines is 2. The number of amides is 1. The quantitative estimate of drug-likeness (QED) is 0.762. The van der Waals surface area contributed by atoms with Gasteiger partial charge in [-0.3, -0.25) is 9.78 Å². The van der Waals surface area contributed by atoms with Crippen molar-refractivity contribution in [1.29, 1.82) is 0 Å². The number of nitrogens with zero attached hydrogens (tertiary/aromatic N) is 4. The third kappa shape index (κ3) is 2.73. The van der Waals surface area contributed by atoms with Crippen molar-refractivity contribution >= 4 is 17.5 Å². The number of carbonyl (C=O) groups is 1. The molecule has 3 heterocycles. The van der Waals surface area contributed by atoms with Gasteiger partial charge in [0.2, 0.25) is 11.9 Å². The van der Waals surface area contributed by atoms with Crippen molar-refractivity contribution in [2.24, 2.45) is 5.92 Å². The Labute approximate surface area is 150 Å². The molecular formula is C19H18N6O. The number of carbonyl (C=O) groups excluding carboxylic acids is 1. The molecule has 2 aromatic heterocycles. The summed E-state index contributed by atoms with van der Waals surface area (Å²) in [6.07, 6.45) is 4.87. The molecule has 0 saturated heterocycles. The second-order valence-corrected chi connectivity index (χ2v) is 6.19. The van der Waals surface area contributed by atoms with E-state index in [1.54, 1.807) is 17.1 Å². The highest BCUT2D eigenvalue weighted by atomic mass is 16.2. The van der Waals surface area contributed by atoms with Crippen LogP contribution in [0.5, 0.6) is 0 Å². The van der Waals surface area contributed by atoms with Crippen molar-refractivity contribution in [3.63, 3.8) is 0 Å². The Morgan fingerprint density at radius 1 is 1.23 bits per heavy atom. The highest BCUT2D eigenvalue weighted by Crippen LogP contribution is 2.37. The minimum Gasteiger partial charge on any atom is -0.328 e. The maximum Gasteiger partial charge on any atom is 0.235 e. The fourth-order valence-corrected chi connectivity index (χ4v) is 3.22. The molecule has 1 amide bonds. The number of para-hydroxylation sites is 1. The number of hydrogen-bond donors (Lipinski definition) is 2. The van der Waals surface area contributed by atoms with E-state index in [0.717, 1.165) is 16.8 Å². The molecule has 4 rings (SSSR count). The molecule has 0 radical (unpaired) electrons. The first-order chi connectivity index (χ1) is 12.6. The summed E-state index contributed by atoms with van der Waals surface area (Å²) < 4.78 is 1.71. The third-order valence-corrected chi connectivity index (χ3v) is 4.53. The fourth-order valence-electron chi connectivity index (χ4n) is 3.22. The summed E-state index contributed by atoms with van der Waals surface area (Å²) in [6, 6.07) is 11.1. The molecule has 0 bridgehead atoms. The number of fused-ring (bicyclic) bond motifs is 1. The normalized spacial score (nSPS) is 18.7. The molecule has 7 heteroatoms. The summed E-state index contributed by atoms with van der Waals surface area (Å²) in [7, 11) is 0. The Morgan fingerprint density at radius 2 is 2.00 bits per heavy atom. The first-order valence-corrected chi connectivity index (χ1v) is 8.27. The van der Waals surface area contributed by atoms with Crippen LogP contribution in [-0.2, 0) is 4.79 Å². The highest BCUT2D eigenvalue weighted by Gasteiger charge is 2.39. The largest absolute Gasteiger partial charge is 0.328 e. The van der Waals surface area contributed by atoms with Crippen LogP contribution >= 0.6 is 0 Å². The fraction of sp³-hybridized carbons (Fsp3) is 0.158. The standard InChI is InChI=1S/C19H18N6O/c1-12-5-3-4-6-15(12)24-18(26)16-13(2)23-19-21-11-22-25(19)17(16)14-7-9-20-10-8-14/h3-11,16-17H,2H2,1H3,(H,24,26)(H,21,22,23). The Morgan fingerprint density at radius 3 is 2.77 bits per heavy atom. The number of pyridine rings is 1. The number of rotatable bonds is 3. The predicted octanol–water partition coefficient (Wildman–Crippen LogP) is 2.77. The summed E-state index contributed by atoms with van der Waals surface area (Å²) in [6.45, 7) is 6.02. The van der Waals surface area contributed by atoms with Crippen molar-refractivity contribution in [1.82, 2.24) is 19.7 Å². The van der Waals surface area contributed by atoms with Crippen LogP contribution in [0, 0.1) is 12.8 Å². The average molecular weight is 346 g/mol. The summed E-state index contributed by atoms with van der Waals surface area (Å²) in [4.78, 5) is 21.4. The molecule has 2 atom stereocenters. The van der Waals surface area contributed by atoms with Crippen LogP contribution in [0.2, 0.25) is 0 Å². The summed E-state index contributed by atoms with van der Waals surface area (Å²) in [5.41, 5.74) is 3.28. The molecule has 0 fully saturated rings. The number of aryl methyl sites for hydroxylation is 1. The lowest BCUT2D eigenvalue weighted by molar-refractivity contribution is -0.119. The van der Waals surface area contributed by atoms with Crippen LogP contribution in [0.4, 0.5) is 11.6 Å². The molecule has 1 aliphatic heterocycles. The monoisotopic (exact) mass is 346 g/mol. The van der Waals surface area contributed by atoms with Crippen LogP contribution in [0.25, 0.3) is 0 Å². The topological polar surface area (TPSA) is 84.7 Å². The van der Waals surface area contributed by atoms with Gasteiger partial charge < -0.3 is 10.6 Å². The van der Waals surface area contributed by atoms with Gasteiger partial charge in [-0.1, -0.05) is 24.8 Å². The van der Waals surface area contributed by atoms with E-state index in [9.17, 15) is 4.79 Å². The molecular weight excluding hydrogens is 328 g/mol. The van der Waals surface area contributed by atoms with Gasteiger partial charge in [0.1, 0.15) is 12.2 Å². The van der Waals surface area contributed by atoms with Gasteiger partial charge in [0.25, 0.3) is 0 Å². The van der Waals surface area contributed by atoms with Crippen LogP contribution < -0.4 is 10.6 Å². The smallest absolute Gasteiger partial charge is 0.235 e. The number of hydrogen-bond acceptors (Lipinski definition) is 5. The minimum atomic E-state index is -0.550. The second kappa shape index (κ2) is 6.44. The first kappa shape index (κ1) is 16.0. The van der Waals surface area contributed by atoms with Gasteiger partial charge in [0.15, 0.2) is 0 Å². The molecule has 2 N–H and O–H groups in total. The zero-order valence-electron chi connectivity index (χ0n) is 14.3. The highest BCUT2D eigenvalue weighted by molar-refractivity contribution is 5.96. The molecule has 0 saturated carbocycles. The lowest BCUT2D eigenvalue weighted by atomic mass is 9.89. The van der Waals surface area contributed by atoms with E-state index < -0.39 is 5.92 Å². The Hall–Kier alpha value is -3.48. The SMILES string of the molecule is C=C1Nc2ncnn2C(c2ccncc2)C1C(=O)Nc1ccccc1C. The van der Waals surface area contributed by atoms with E-state index in [0.29, 0.717) is 11.6 Å². The van der Waals surface area contributed by atoms with Crippen LogP contribution in [0.3, 0.4) is 0 Å². The van der Waals surface area contributed by atoms with Crippen LogP contribution in [-0.4, -0.2) is 25.7 Å². The van der Waals surface area contributed by atoms with Crippen LogP contribution in [0.15, 0.2) is 67.4 Å². The first-order valence-electron chi connectivity index (χ1n) is 8.27. The molecule has 3 aromatic rings. The zero-order chi connectivity index (χ0) is 18.1. The van der Waals surface area contributed by atoms with Crippen molar-refractivity contribution in [2.45, 2.75) is 13.0 Å². The Balaban J connectivity index is 1.74. The Kier molecular flexibility index (Phi) is 3.96. The number of nitrogens with one attached hydrogen (secondary N) is 2. The number of benzene rings is 1. The maximum absolute atomic E-state index is 13.2. The van der Waals surface area contributed by atoms with Gasteiger partial charge in [0, 0.05) is 23.8 Å². The van der Waals surface area contributed by atoms with Gasteiger partial charge in [-0.15, -0.1) is 0 Å². The van der Waals surface area contributed by atoms with Gasteiger partial charge in [-0.2, -0.15) is 10.1 Å². The predicted molar refractivity (Wildman–Crippen MR) is 98.5 cm³/mol. The second-order valence-electron chi connectivity index (χ2n) is 6.19.